The number of hydrogen-bond acceptors (Lipinski definition) is 3. The lowest BCUT2D eigenvalue weighted by molar-refractivity contribution is 0.0473. The molecule has 0 atom stereocenters. The van der Waals surface area contributed by atoms with Crippen molar-refractivity contribution in [1.82, 2.24) is 4.98 Å². The highest BCUT2D eigenvalue weighted by atomic mass is 127. The maximum atomic E-state index is 12.1. The van der Waals surface area contributed by atoms with Gasteiger partial charge in [0.15, 0.2) is 0 Å². The van der Waals surface area contributed by atoms with Crippen LogP contribution >= 0.6 is 22.6 Å². The molecule has 0 saturated carbocycles. The Balaban J connectivity index is 1.81. The molecule has 0 radical (unpaired) electrons. The van der Waals surface area contributed by atoms with E-state index in [0.717, 1.165) is 20.0 Å². The monoisotopic (exact) mass is 389 g/mol. The fraction of sp³-hybridized carbons (Fsp3) is 0.0588. The van der Waals surface area contributed by atoms with Crippen molar-refractivity contribution in [3.05, 3.63) is 75.5 Å². The molecule has 0 unspecified atom stereocenters. The zero-order chi connectivity index (χ0) is 14.7. The van der Waals surface area contributed by atoms with Crippen molar-refractivity contribution in [2.24, 2.45) is 0 Å². The van der Waals surface area contributed by atoms with Crippen LogP contribution in [0, 0.1) is 3.57 Å². The lowest BCUT2D eigenvalue weighted by Crippen LogP contribution is -2.07. The van der Waals surface area contributed by atoms with Gasteiger partial charge in [-0.25, -0.2) is 4.79 Å². The highest BCUT2D eigenvalue weighted by molar-refractivity contribution is 14.1. The fourth-order valence-electron chi connectivity index (χ4n) is 2.13. The quantitative estimate of drug-likeness (QED) is 0.498. The number of nitrogens with zero attached hydrogens (tertiary/aromatic N) is 1. The van der Waals surface area contributed by atoms with Gasteiger partial charge < -0.3 is 4.74 Å². The highest BCUT2D eigenvalue weighted by Gasteiger charge is 2.11. The molecule has 21 heavy (non-hydrogen) atoms. The van der Waals surface area contributed by atoms with E-state index in [4.69, 9.17) is 4.74 Å². The van der Waals surface area contributed by atoms with Crippen LogP contribution in [-0.4, -0.2) is 11.0 Å². The largest absolute Gasteiger partial charge is 0.457 e. The third-order valence-corrected chi connectivity index (χ3v) is 4.11. The smallest absolute Gasteiger partial charge is 0.339 e. The molecule has 0 N–H and O–H groups in total. The number of pyridine rings is 1. The van der Waals surface area contributed by atoms with Crippen LogP contribution in [-0.2, 0) is 11.3 Å². The molecule has 0 aliphatic heterocycles. The number of carbonyl (C=O) groups excluding carboxylic acids is 1. The van der Waals surface area contributed by atoms with Crippen LogP contribution in [0.2, 0.25) is 0 Å². The topological polar surface area (TPSA) is 39.2 Å². The summed E-state index contributed by atoms with van der Waals surface area (Å²) >= 11 is 2.13. The molecular formula is C17H12INO2. The van der Waals surface area contributed by atoms with Gasteiger partial charge in [-0.3, -0.25) is 4.98 Å². The molecule has 0 saturated heterocycles. The zero-order valence-corrected chi connectivity index (χ0v) is 13.3. The van der Waals surface area contributed by atoms with Crippen molar-refractivity contribution < 1.29 is 9.53 Å². The number of fused-ring (bicyclic) bond motifs is 1. The minimum Gasteiger partial charge on any atom is -0.457 e. The number of aromatic nitrogens is 1. The average Bonchev–Trinajstić information content (AvgIpc) is 2.53. The number of esters is 1. The normalized spacial score (nSPS) is 10.5. The van der Waals surface area contributed by atoms with Gasteiger partial charge in [-0.15, -0.1) is 0 Å². The van der Waals surface area contributed by atoms with Crippen molar-refractivity contribution in [2.75, 3.05) is 0 Å². The van der Waals surface area contributed by atoms with E-state index in [1.165, 1.54) is 0 Å². The first-order valence-corrected chi connectivity index (χ1v) is 7.58. The van der Waals surface area contributed by atoms with Gasteiger partial charge in [-0.05, 0) is 40.8 Å². The van der Waals surface area contributed by atoms with Crippen LogP contribution in [0.1, 0.15) is 15.9 Å². The SMILES string of the molecule is O=C(OCc1cccc2cccnc12)c1ccccc1I. The molecular weight excluding hydrogens is 377 g/mol. The maximum absolute atomic E-state index is 12.1. The molecule has 1 aromatic heterocycles. The summed E-state index contributed by atoms with van der Waals surface area (Å²) in [6, 6.07) is 17.1. The van der Waals surface area contributed by atoms with E-state index in [2.05, 4.69) is 27.6 Å². The van der Waals surface area contributed by atoms with Gasteiger partial charge in [0.25, 0.3) is 0 Å². The first kappa shape index (κ1) is 14.0. The average molecular weight is 389 g/mol. The highest BCUT2D eigenvalue weighted by Crippen LogP contribution is 2.18. The Labute approximate surface area is 136 Å². The van der Waals surface area contributed by atoms with Gasteiger partial charge in [0.2, 0.25) is 0 Å². The van der Waals surface area contributed by atoms with Gasteiger partial charge in [0.1, 0.15) is 6.61 Å². The number of benzene rings is 2. The van der Waals surface area contributed by atoms with Gasteiger partial charge in [0, 0.05) is 20.7 Å². The lowest BCUT2D eigenvalue weighted by atomic mass is 10.1. The minimum atomic E-state index is -0.312. The van der Waals surface area contributed by atoms with Gasteiger partial charge in [-0.2, -0.15) is 0 Å². The molecule has 0 fully saturated rings. The predicted molar refractivity (Wildman–Crippen MR) is 90.0 cm³/mol. The van der Waals surface area contributed by atoms with E-state index in [9.17, 15) is 4.79 Å². The summed E-state index contributed by atoms with van der Waals surface area (Å²) < 4.78 is 6.30. The molecule has 0 bridgehead atoms. The fourth-order valence-corrected chi connectivity index (χ4v) is 2.74. The molecule has 3 aromatic rings. The zero-order valence-electron chi connectivity index (χ0n) is 11.1. The van der Waals surface area contributed by atoms with Gasteiger partial charge in [0.05, 0.1) is 11.1 Å². The Morgan fingerprint density at radius 3 is 2.71 bits per heavy atom. The van der Waals surface area contributed by atoms with Crippen LogP contribution in [0.4, 0.5) is 0 Å². The molecule has 0 amide bonds. The summed E-state index contributed by atoms with van der Waals surface area (Å²) in [5, 5.41) is 1.04. The molecule has 104 valence electrons. The Hall–Kier alpha value is -1.95. The summed E-state index contributed by atoms with van der Waals surface area (Å²) in [5.41, 5.74) is 2.37. The van der Waals surface area contributed by atoms with Crippen molar-refractivity contribution in [1.29, 1.82) is 0 Å². The number of rotatable bonds is 3. The van der Waals surface area contributed by atoms with Crippen LogP contribution < -0.4 is 0 Å². The molecule has 0 aliphatic carbocycles. The Morgan fingerprint density at radius 1 is 1.05 bits per heavy atom. The van der Waals surface area contributed by atoms with Crippen molar-refractivity contribution in [3.63, 3.8) is 0 Å². The molecule has 4 heteroatoms. The maximum Gasteiger partial charge on any atom is 0.339 e. The third-order valence-electron chi connectivity index (χ3n) is 3.17. The van der Waals surface area contributed by atoms with Crippen molar-refractivity contribution >= 4 is 39.5 Å². The number of hydrogen-bond donors (Lipinski definition) is 0. The van der Waals surface area contributed by atoms with Gasteiger partial charge >= 0.3 is 5.97 Å². The van der Waals surface area contributed by atoms with Crippen molar-refractivity contribution in [3.8, 4) is 0 Å². The van der Waals surface area contributed by atoms with E-state index >= 15 is 0 Å². The van der Waals surface area contributed by atoms with E-state index in [0.29, 0.717) is 5.56 Å². The Morgan fingerprint density at radius 2 is 1.86 bits per heavy atom. The number of para-hydroxylation sites is 1. The van der Waals surface area contributed by atoms with Gasteiger partial charge in [-0.1, -0.05) is 36.4 Å². The molecule has 1 heterocycles. The Kier molecular flexibility index (Phi) is 4.15. The second kappa shape index (κ2) is 6.22. The molecule has 0 spiro atoms. The van der Waals surface area contributed by atoms with E-state index in [-0.39, 0.29) is 12.6 Å². The van der Waals surface area contributed by atoms with Crippen LogP contribution in [0.15, 0.2) is 60.8 Å². The predicted octanol–water partition coefficient (Wildman–Crippen LogP) is 4.20. The minimum absolute atomic E-state index is 0.220. The molecule has 3 rings (SSSR count). The first-order valence-electron chi connectivity index (χ1n) is 6.50. The standard InChI is InChI=1S/C17H12INO2/c18-15-9-2-1-8-14(15)17(20)21-11-13-6-3-5-12-7-4-10-19-16(12)13/h1-10H,11H2. The molecule has 2 aromatic carbocycles. The number of ether oxygens (including phenoxy) is 1. The van der Waals surface area contributed by atoms with E-state index < -0.39 is 0 Å². The van der Waals surface area contributed by atoms with E-state index in [1.807, 2.05) is 48.5 Å². The summed E-state index contributed by atoms with van der Waals surface area (Å²) in [6.45, 7) is 0.220. The molecule has 0 aliphatic rings. The second-order valence-corrected chi connectivity index (χ2v) is 5.71. The van der Waals surface area contributed by atoms with Crippen LogP contribution in [0.5, 0.6) is 0 Å². The van der Waals surface area contributed by atoms with Crippen molar-refractivity contribution in [2.45, 2.75) is 6.61 Å². The van der Waals surface area contributed by atoms with Crippen LogP contribution in [0.25, 0.3) is 10.9 Å². The Bertz CT molecular complexity index is 796. The van der Waals surface area contributed by atoms with Crippen LogP contribution in [0.3, 0.4) is 0 Å². The first-order chi connectivity index (χ1) is 10.3. The lowest BCUT2D eigenvalue weighted by Gasteiger charge is -2.08. The summed E-state index contributed by atoms with van der Waals surface area (Å²) in [5.74, 6) is -0.312. The third kappa shape index (κ3) is 3.05. The molecule has 3 nitrogen and oxygen atoms in total. The second-order valence-electron chi connectivity index (χ2n) is 4.55. The number of halogens is 1. The summed E-state index contributed by atoms with van der Waals surface area (Å²) in [6.07, 6.45) is 1.74. The van der Waals surface area contributed by atoms with E-state index in [1.54, 1.807) is 12.3 Å². The number of carbonyl (C=O) groups is 1. The summed E-state index contributed by atoms with van der Waals surface area (Å²) in [7, 11) is 0. The summed E-state index contributed by atoms with van der Waals surface area (Å²) in [4.78, 5) is 16.5.